The Morgan fingerprint density at radius 1 is 1.14 bits per heavy atom. The number of ether oxygens (including phenoxy) is 1. The topological polar surface area (TPSA) is 45.7 Å². The second-order valence-electron chi connectivity index (χ2n) is 7.25. The summed E-state index contributed by atoms with van der Waals surface area (Å²) >= 11 is 1.57. The van der Waals surface area contributed by atoms with Crippen LogP contribution in [0.5, 0.6) is 0 Å². The highest BCUT2D eigenvalue weighted by Crippen LogP contribution is 2.29. The van der Waals surface area contributed by atoms with Gasteiger partial charge in [0.2, 0.25) is 0 Å². The lowest BCUT2D eigenvalue weighted by atomic mass is 10.1. The summed E-state index contributed by atoms with van der Waals surface area (Å²) in [6.45, 7) is 8.82. The van der Waals surface area contributed by atoms with Crippen LogP contribution in [0.3, 0.4) is 0 Å². The van der Waals surface area contributed by atoms with Crippen molar-refractivity contribution >= 4 is 32.6 Å². The number of hydrogen-bond acceptors (Lipinski definition) is 5. The van der Waals surface area contributed by atoms with E-state index in [9.17, 15) is 4.79 Å². The zero-order valence-corrected chi connectivity index (χ0v) is 17.2. The number of rotatable bonds is 5. The predicted octanol–water partition coefficient (Wildman–Crippen LogP) is 3.89. The summed E-state index contributed by atoms with van der Waals surface area (Å²) in [5, 5.41) is 0.763. The van der Waals surface area contributed by atoms with Crippen LogP contribution in [0.25, 0.3) is 10.2 Å². The maximum absolute atomic E-state index is 13.4. The zero-order chi connectivity index (χ0) is 19.5. The first-order chi connectivity index (χ1) is 13.6. The van der Waals surface area contributed by atoms with Crippen LogP contribution in [0.2, 0.25) is 0 Å². The van der Waals surface area contributed by atoms with Crippen molar-refractivity contribution in [2.24, 2.45) is 0 Å². The number of fused-ring (bicyclic) bond motifs is 1. The number of carbonyl (C=O) groups excluding carboxylic acids is 1. The molecule has 5 nitrogen and oxygen atoms in total. The van der Waals surface area contributed by atoms with Gasteiger partial charge >= 0.3 is 0 Å². The Balaban J connectivity index is 1.64. The Labute approximate surface area is 169 Å². The van der Waals surface area contributed by atoms with Crippen molar-refractivity contribution in [2.75, 3.05) is 44.3 Å². The van der Waals surface area contributed by atoms with E-state index in [1.807, 2.05) is 49.1 Å². The zero-order valence-electron chi connectivity index (χ0n) is 16.4. The molecule has 0 aliphatic carbocycles. The monoisotopic (exact) mass is 395 g/mol. The minimum atomic E-state index is 0.0131. The van der Waals surface area contributed by atoms with Gasteiger partial charge in [0.05, 0.1) is 23.4 Å². The van der Waals surface area contributed by atoms with Gasteiger partial charge in [-0.25, -0.2) is 4.98 Å². The standard InChI is InChI=1S/C22H25N3O2S/c1-16-13-17(2)15-18(14-16)21(26)25(8-7-24-9-11-27-12-10-24)22-23-19-5-3-4-6-20(19)28-22/h3-6,13-15H,7-12H2,1-2H3. The van der Waals surface area contributed by atoms with Crippen molar-refractivity contribution in [2.45, 2.75) is 13.8 Å². The van der Waals surface area contributed by atoms with Crippen molar-refractivity contribution in [1.82, 2.24) is 9.88 Å². The Morgan fingerprint density at radius 3 is 2.57 bits per heavy atom. The van der Waals surface area contributed by atoms with Crippen LogP contribution < -0.4 is 4.90 Å². The van der Waals surface area contributed by atoms with Gasteiger partial charge in [-0.05, 0) is 38.1 Å². The molecule has 0 spiro atoms. The van der Waals surface area contributed by atoms with Gasteiger partial charge in [0.25, 0.3) is 5.91 Å². The molecule has 1 aliphatic rings. The van der Waals surface area contributed by atoms with Crippen LogP contribution >= 0.6 is 11.3 Å². The molecule has 2 aromatic carbocycles. The molecule has 0 N–H and O–H groups in total. The third kappa shape index (κ3) is 4.24. The molecule has 1 aliphatic heterocycles. The number of aromatic nitrogens is 1. The van der Waals surface area contributed by atoms with Crippen LogP contribution in [-0.2, 0) is 4.74 Å². The molecule has 1 amide bonds. The van der Waals surface area contributed by atoms with Crippen molar-refractivity contribution in [3.05, 3.63) is 59.2 Å². The summed E-state index contributed by atoms with van der Waals surface area (Å²) in [5.41, 5.74) is 3.85. The largest absolute Gasteiger partial charge is 0.379 e. The smallest absolute Gasteiger partial charge is 0.260 e. The SMILES string of the molecule is Cc1cc(C)cc(C(=O)N(CCN2CCOCC2)c2nc3ccccc3s2)c1. The molecule has 0 unspecified atom stereocenters. The summed E-state index contributed by atoms with van der Waals surface area (Å²) in [6.07, 6.45) is 0. The average molecular weight is 396 g/mol. The molecule has 1 fully saturated rings. The molecule has 1 saturated heterocycles. The predicted molar refractivity (Wildman–Crippen MR) is 114 cm³/mol. The molecule has 146 valence electrons. The highest BCUT2D eigenvalue weighted by Gasteiger charge is 2.23. The second-order valence-corrected chi connectivity index (χ2v) is 8.26. The van der Waals surface area contributed by atoms with Crippen molar-refractivity contribution in [3.63, 3.8) is 0 Å². The molecule has 3 aromatic rings. The van der Waals surface area contributed by atoms with Gasteiger partial charge in [-0.2, -0.15) is 0 Å². The number of benzene rings is 2. The number of nitrogens with zero attached hydrogens (tertiary/aromatic N) is 3. The Morgan fingerprint density at radius 2 is 1.86 bits per heavy atom. The van der Waals surface area contributed by atoms with Crippen LogP contribution in [0.15, 0.2) is 42.5 Å². The van der Waals surface area contributed by atoms with E-state index in [0.717, 1.165) is 64.9 Å². The molecule has 0 atom stereocenters. The lowest BCUT2D eigenvalue weighted by Gasteiger charge is -2.29. The number of anilines is 1. The van der Waals surface area contributed by atoms with E-state index in [-0.39, 0.29) is 5.91 Å². The van der Waals surface area contributed by atoms with Gasteiger partial charge in [-0.15, -0.1) is 0 Å². The number of hydrogen-bond donors (Lipinski definition) is 0. The van der Waals surface area contributed by atoms with Gasteiger partial charge in [0.15, 0.2) is 5.13 Å². The van der Waals surface area contributed by atoms with Crippen molar-refractivity contribution < 1.29 is 9.53 Å². The fraction of sp³-hybridized carbons (Fsp3) is 0.364. The maximum atomic E-state index is 13.4. The molecule has 1 aromatic heterocycles. The number of morpholine rings is 1. The van der Waals surface area contributed by atoms with E-state index in [0.29, 0.717) is 6.54 Å². The number of para-hydroxylation sites is 1. The van der Waals surface area contributed by atoms with Crippen molar-refractivity contribution in [3.8, 4) is 0 Å². The van der Waals surface area contributed by atoms with Gasteiger partial charge in [-0.1, -0.05) is 40.7 Å². The average Bonchev–Trinajstić information content (AvgIpc) is 3.12. The molecular formula is C22H25N3O2S. The minimum Gasteiger partial charge on any atom is -0.379 e. The summed E-state index contributed by atoms with van der Waals surface area (Å²) in [6, 6.07) is 14.1. The summed E-state index contributed by atoms with van der Waals surface area (Å²) in [7, 11) is 0. The normalized spacial score (nSPS) is 15.1. The molecule has 28 heavy (non-hydrogen) atoms. The van der Waals surface area contributed by atoms with Gasteiger partial charge in [-0.3, -0.25) is 14.6 Å². The maximum Gasteiger partial charge on any atom is 0.260 e. The second kappa shape index (κ2) is 8.39. The van der Waals surface area contributed by atoms with E-state index >= 15 is 0 Å². The van der Waals surface area contributed by atoms with Gasteiger partial charge < -0.3 is 4.74 Å². The first-order valence-corrected chi connectivity index (χ1v) is 10.5. The fourth-order valence-electron chi connectivity index (χ4n) is 3.58. The van der Waals surface area contributed by atoms with E-state index in [1.165, 1.54) is 0 Å². The lowest BCUT2D eigenvalue weighted by molar-refractivity contribution is 0.0391. The lowest BCUT2D eigenvalue weighted by Crippen LogP contribution is -2.43. The van der Waals surface area contributed by atoms with E-state index in [1.54, 1.807) is 11.3 Å². The van der Waals surface area contributed by atoms with E-state index < -0.39 is 0 Å². The van der Waals surface area contributed by atoms with E-state index in [4.69, 9.17) is 9.72 Å². The van der Waals surface area contributed by atoms with Gasteiger partial charge in [0.1, 0.15) is 0 Å². The molecule has 4 rings (SSSR count). The third-order valence-corrected chi connectivity index (χ3v) is 6.03. The van der Waals surface area contributed by atoms with Crippen LogP contribution in [0.1, 0.15) is 21.5 Å². The van der Waals surface area contributed by atoms with Crippen LogP contribution in [-0.4, -0.2) is 55.2 Å². The highest BCUT2D eigenvalue weighted by atomic mass is 32.1. The summed E-state index contributed by atoms with van der Waals surface area (Å²) in [5.74, 6) is 0.0131. The quantitative estimate of drug-likeness (QED) is 0.657. The Bertz CT molecular complexity index is 926. The number of aryl methyl sites for hydroxylation is 2. The number of thiazole rings is 1. The Kier molecular flexibility index (Phi) is 5.71. The first kappa shape index (κ1) is 19.1. The molecular weight excluding hydrogens is 370 g/mol. The van der Waals surface area contributed by atoms with E-state index in [2.05, 4.69) is 17.0 Å². The number of amides is 1. The van der Waals surface area contributed by atoms with Crippen LogP contribution in [0.4, 0.5) is 5.13 Å². The first-order valence-electron chi connectivity index (χ1n) is 9.66. The molecule has 0 saturated carbocycles. The third-order valence-electron chi connectivity index (χ3n) is 4.97. The number of carbonyl (C=O) groups is 1. The highest BCUT2D eigenvalue weighted by molar-refractivity contribution is 7.22. The van der Waals surface area contributed by atoms with Crippen molar-refractivity contribution in [1.29, 1.82) is 0 Å². The minimum absolute atomic E-state index is 0.0131. The summed E-state index contributed by atoms with van der Waals surface area (Å²) in [4.78, 5) is 22.4. The molecule has 0 bridgehead atoms. The molecule has 0 radical (unpaired) electrons. The van der Waals surface area contributed by atoms with Gasteiger partial charge in [0, 0.05) is 31.7 Å². The van der Waals surface area contributed by atoms with Crippen LogP contribution in [0, 0.1) is 13.8 Å². The fourth-order valence-corrected chi connectivity index (χ4v) is 4.57. The molecule has 6 heteroatoms. The molecule has 2 heterocycles. The Hall–Kier alpha value is -2.28. The summed E-state index contributed by atoms with van der Waals surface area (Å²) < 4.78 is 6.54.